The number of terminal acetylenes is 1. The number of hydrogen-bond donors (Lipinski definition) is 1. The van der Waals surface area contributed by atoms with Crippen molar-refractivity contribution in [3.8, 4) is 18.4 Å². The molecule has 1 aromatic rings. The van der Waals surface area contributed by atoms with Crippen LogP contribution >= 0.6 is 11.8 Å². The Bertz CT molecular complexity index is 384. The van der Waals surface area contributed by atoms with Crippen molar-refractivity contribution in [3.05, 3.63) is 29.8 Å². The molecule has 0 amide bonds. The van der Waals surface area contributed by atoms with Gasteiger partial charge < -0.3 is 0 Å². The number of nitrogens with one attached hydrogen (secondary N) is 1. The van der Waals surface area contributed by atoms with E-state index in [0.717, 1.165) is 5.56 Å². The summed E-state index contributed by atoms with van der Waals surface area (Å²) in [5.74, 6) is 2.46. The van der Waals surface area contributed by atoms with E-state index < -0.39 is 0 Å². The topological polar surface area (TPSA) is 35.8 Å². The van der Waals surface area contributed by atoms with E-state index in [9.17, 15) is 0 Å². The molecular weight excluding hydrogens is 204 g/mol. The van der Waals surface area contributed by atoms with E-state index in [1.165, 1.54) is 4.90 Å². The molecule has 0 aromatic heterocycles. The van der Waals surface area contributed by atoms with Crippen LogP contribution < -0.4 is 5.32 Å². The van der Waals surface area contributed by atoms with Gasteiger partial charge in [0.15, 0.2) is 0 Å². The maximum absolute atomic E-state index is 8.95. The van der Waals surface area contributed by atoms with Crippen LogP contribution in [0, 0.1) is 23.7 Å². The van der Waals surface area contributed by atoms with Gasteiger partial charge >= 0.3 is 0 Å². The zero-order chi connectivity index (χ0) is 11.1. The molecule has 0 saturated carbocycles. The SMILES string of the molecule is C#CCNC(C#N)c1ccc(SC)cc1. The standard InChI is InChI=1S/C12H12N2S/c1-3-8-14-12(9-13)10-4-6-11(15-2)7-5-10/h1,4-7,12,14H,8H2,2H3. The van der Waals surface area contributed by atoms with Crippen LogP contribution in [0.5, 0.6) is 0 Å². The predicted molar refractivity (Wildman–Crippen MR) is 63.4 cm³/mol. The summed E-state index contributed by atoms with van der Waals surface area (Å²) in [6, 6.07) is 9.75. The van der Waals surface area contributed by atoms with E-state index in [1.54, 1.807) is 11.8 Å². The second kappa shape index (κ2) is 6.14. The van der Waals surface area contributed by atoms with Crippen molar-refractivity contribution in [1.82, 2.24) is 5.32 Å². The molecule has 0 aliphatic rings. The van der Waals surface area contributed by atoms with Gasteiger partial charge in [-0.3, -0.25) is 5.32 Å². The molecule has 15 heavy (non-hydrogen) atoms. The van der Waals surface area contributed by atoms with E-state index in [1.807, 2.05) is 30.5 Å². The average Bonchev–Trinajstić information content (AvgIpc) is 2.31. The first-order valence-electron chi connectivity index (χ1n) is 4.52. The van der Waals surface area contributed by atoms with E-state index in [-0.39, 0.29) is 6.04 Å². The van der Waals surface area contributed by atoms with Gasteiger partial charge in [0.1, 0.15) is 6.04 Å². The Morgan fingerprint density at radius 1 is 1.47 bits per heavy atom. The molecule has 76 valence electrons. The zero-order valence-electron chi connectivity index (χ0n) is 8.53. The number of rotatable bonds is 4. The molecule has 0 bridgehead atoms. The summed E-state index contributed by atoms with van der Waals surface area (Å²) < 4.78 is 0. The first kappa shape index (κ1) is 11.7. The second-order valence-corrected chi connectivity index (χ2v) is 3.80. The Balaban J connectivity index is 2.76. The van der Waals surface area contributed by atoms with Crippen LogP contribution in [-0.4, -0.2) is 12.8 Å². The molecule has 1 N–H and O–H groups in total. The molecule has 1 aromatic carbocycles. The lowest BCUT2D eigenvalue weighted by molar-refractivity contribution is 0.690. The summed E-state index contributed by atoms with van der Waals surface area (Å²) in [7, 11) is 0. The Hall–Kier alpha value is -1.42. The summed E-state index contributed by atoms with van der Waals surface area (Å²) in [6.45, 7) is 0.405. The van der Waals surface area contributed by atoms with E-state index in [4.69, 9.17) is 11.7 Å². The minimum Gasteiger partial charge on any atom is -0.287 e. The molecule has 1 atom stereocenters. The van der Waals surface area contributed by atoms with Gasteiger partial charge in [0.2, 0.25) is 0 Å². The quantitative estimate of drug-likeness (QED) is 0.619. The maximum Gasteiger partial charge on any atom is 0.122 e. The van der Waals surface area contributed by atoms with Crippen molar-refractivity contribution < 1.29 is 0 Å². The van der Waals surface area contributed by atoms with Crippen LogP contribution in [0.2, 0.25) is 0 Å². The summed E-state index contributed by atoms with van der Waals surface area (Å²) in [4.78, 5) is 1.19. The van der Waals surface area contributed by atoms with Crippen LogP contribution in [0.15, 0.2) is 29.2 Å². The van der Waals surface area contributed by atoms with Gasteiger partial charge in [-0.2, -0.15) is 5.26 Å². The third-order valence-corrected chi connectivity index (χ3v) is 2.73. The first-order chi connectivity index (χ1) is 7.31. The Labute approximate surface area is 94.7 Å². The molecule has 1 unspecified atom stereocenters. The smallest absolute Gasteiger partial charge is 0.122 e. The molecule has 0 heterocycles. The van der Waals surface area contributed by atoms with Crippen molar-refractivity contribution in [2.45, 2.75) is 10.9 Å². The minimum absolute atomic E-state index is 0.322. The molecule has 3 heteroatoms. The van der Waals surface area contributed by atoms with E-state index in [0.29, 0.717) is 6.54 Å². The highest BCUT2D eigenvalue weighted by atomic mass is 32.2. The number of nitriles is 1. The predicted octanol–water partition coefficient (Wildman–Crippen LogP) is 2.20. The highest BCUT2D eigenvalue weighted by Crippen LogP contribution is 2.18. The molecule has 0 fully saturated rings. The third kappa shape index (κ3) is 3.32. The molecular formula is C12H12N2S. The third-order valence-electron chi connectivity index (χ3n) is 1.99. The monoisotopic (exact) mass is 216 g/mol. The molecule has 1 rings (SSSR count). The Morgan fingerprint density at radius 2 is 2.13 bits per heavy atom. The van der Waals surface area contributed by atoms with Crippen LogP contribution in [0.25, 0.3) is 0 Å². The van der Waals surface area contributed by atoms with E-state index in [2.05, 4.69) is 17.3 Å². The molecule has 2 nitrogen and oxygen atoms in total. The first-order valence-corrected chi connectivity index (χ1v) is 5.74. The lowest BCUT2D eigenvalue weighted by Crippen LogP contribution is -2.19. The van der Waals surface area contributed by atoms with Gasteiger partial charge in [0, 0.05) is 4.90 Å². The highest BCUT2D eigenvalue weighted by molar-refractivity contribution is 7.98. The fraction of sp³-hybridized carbons (Fsp3) is 0.250. The van der Waals surface area contributed by atoms with Crippen molar-refractivity contribution in [1.29, 1.82) is 5.26 Å². The van der Waals surface area contributed by atoms with Crippen LogP contribution in [-0.2, 0) is 0 Å². The van der Waals surface area contributed by atoms with Crippen molar-refractivity contribution >= 4 is 11.8 Å². The van der Waals surface area contributed by atoms with Gasteiger partial charge in [-0.15, -0.1) is 18.2 Å². The summed E-state index contributed by atoms with van der Waals surface area (Å²) in [6.07, 6.45) is 7.15. The van der Waals surface area contributed by atoms with Gasteiger partial charge in [-0.25, -0.2) is 0 Å². The van der Waals surface area contributed by atoms with Gasteiger partial charge in [0.25, 0.3) is 0 Å². The van der Waals surface area contributed by atoms with Crippen molar-refractivity contribution in [3.63, 3.8) is 0 Å². The van der Waals surface area contributed by atoms with Crippen LogP contribution in [0.3, 0.4) is 0 Å². The normalized spacial score (nSPS) is 11.4. The molecule has 0 spiro atoms. The number of nitrogens with zero attached hydrogens (tertiary/aromatic N) is 1. The van der Waals surface area contributed by atoms with E-state index >= 15 is 0 Å². The lowest BCUT2D eigenvalue weighted by atomic mass is 10.1. The van der Waals surface area contributed by atoms with Crippen LogP contribution in [0.1, 0.15) is 11.6 Å². The Morgan fingerprint density at radius 3 is 2.60 bits per heavy atom. The molecule has 0 aliphatic heterocycles. The summed E-state index contributed by atoms with van der Waals surface area (Å²) in [5, 5.41) is 11.9. The van der Waals surface area contributed by atoms with Gasteiger partial charge in [-0.1, -0.05) is 18.1 Å². The summed E-state index contributed by atoms with van der Waals surface area (Å²) in [5.41, 5.74) is 0.950. The molecule has 0 saturated heterocycles. The van der Waals surface area contributed by atoms with Crippen molar-refractivity contribution in [2.24, 2.45) is 0 Å². The van der Waals surface area contributed by atoms with Gasteiger partial charge in [0.05, 0.1) is 12.6 Å². The number of hydrogen-bond acceptors (Lipinski definition) is 3. The average molecular weight is 216 g/mol. The number of benzene rings is 1. The highest BCUT2D eigenvalue weighted by Gasteiger charge is 2.07. The maximum atomic E-state index is 8.95. The minimum atomic E-state index is -0.322. The zero-order valence-corrected chi connectivity index (χ0v) is 9.34. The Kier molecular flexibility index (Phi) is 4.77. The second-order valence-electron chi connectivity index (χ2n) is 2.92. The fourth-order valence-electron chi connectivity index (χ4n) is 1.20. The lowest BCUT2D eigenvalue weighted by Gasteiger charge is -2.09. The molecule has 0 radical (unpaired) electrons. The van der Waals surface area contributed by atoms with Gasteiger partial charge in [-0.05, 0) is 24.0 Å². The fourth-order valence-corrected chi connectivity index (χ4v) is 1.60. The molecule has 0 aliphatic carbocycles. The largest absolute Gasteiger partial charge is 0.287 e. The number of thioether (sulfide) groups is 1. The van der Waals surface area contributed by atoms with Crippen LogP contribution in [0.4, 0.5) is 0 Å². The van der Waals surface area contributed by atoms with Crippen molar-refractivity contribution in [2.75, 3.05) is 12.8 Å². The summed E-state index contributed by atoms with van der Waals surface area (Å²) >= 11 is 1.68.